The van der Waals surface area contributed by atoms with E-state index in [1.165, 1.54) is 11.1 Å². The van der Waals surface area contributed by atoms with Crippen molar-refractivity contribution >= 4 is 17.3 Å². The lowest BCUT2D eigenvalue weighted by Gasteiger charge is -2.11. The number of nitrogens with one attached hydrogen (secondary N) is 1. The molecule has 2 rings (SSSR count). The number of ether oxygens (including phenoxy) is 1. The molecule has 0 radical (unpaired) electrons. The molecule has 0 saturated carbocycles. The number of hydrogen-bond donors (Lipinski definition) is 1. The summed E-state index contributed by atoms with van der Waals surface area (Å²) in [7, 11) is 0. The van der Waals surface area contributed by atoms with Crippen molar-refractivity contribution in [1.82, 2.24) is 0 Å². The largest absolute Gasteiger partial charge is 0.494 e. The average molecular weight is 276 g/mol. The highest BCUT2D eigenvalue weighted by Crippen LogP contribution is 2.21. The van der Waals surface area contributed by atoms with Crippen molar-refractivity contribution in [2.75, 3.05) is 11.9 Å². The van der Waals surface area contributed by atoms with Gasteiger partial charge in [0.15, 0.2) is 0 Å². The van der Waals surface area contributed by atoms with Gasteiger partial charge in [-0.1, -0.05) is 29.8 Å². The SMILES string of the molecule is CCOc1cccc(CNc2cc(Cl)ccc2C)c1. The lowest BCUT2D eigenvalue weighted by Crippen LogP contribution is -2.01. The average Bonchev–Trinajstić information content (AvgIpc) is 2.41. The molecule has 2 aromatic rings. The molecule has 0 aliphatic heterocycles. The number of hydrogen-bond acceptors (Lipinski definition) is 2. The van der Waals surface area contributed by atoms with Gasteiger partial charge in [-0.15, -0.1) is 0 Å². The van der Waals surface area contributed by atoms with Crippen LogP contribution in [0, 0.1) is 6.92 Å². The van der Waals surface area contributed by atoms with Gasteiger partial charge in [0.25, 0.3) is 0 Å². The standard InChI is InChI=1S/C16H18ClNO/c1-3-19-15-6-4-5-13(9-15)11-18-16-10-14(17)8-7-12(16)2/h4-10,18H,3,11H2,1-2H3. The zero-order chi connectivity index (χ0) is 13.7. The van der Waals surface area contributed by atoms with Crippen LogP contribution in [0.25, 0.3) is 0 Å². The molecule has 0 aliphatic carbocycles. The van der Waals surface area contributed by atoms with Gasteiger partial charge in [-0.05, 0) is 49.2 Å². The van der Waals surface area contributed by atoms with E-state index in [2.05, 4.69) is 24.4 Å². The quantitative estimate of drug-likeness (QED) is 0.857. The van der Waals surface area contributed by atoms with Crippen LogP contribution in [0.5, 0.6) is 5.75 Å². The van der Waals surface area contributed by atoms with Gasteiger partial charge in [-0.3, -0.25) is 0 Å². The molecule has 1 N–H and O–H groups in total. The molecule has 19 heavy (non-hydrogen) atoms. The summed E-state index contributed by atoms with van der Waals surface area (Å²) < 4.78 is 5.49. The Morgan fingerprint density at radius 1 is 1.16 bits per heavy atom. The van der Waals surface area contributed by atoms with Crippen molar-refractivity contribution in [3.63, 3.8) is 0 Å². The third kappa shape index (κ3) is 3.90. The second-order valence-corrected chi connectivity index (χ2v) is 4.83. The molecule has 0 heterocycles. The van der Waals surface area contributed by atoms with Crippen molar-refractivity contribution in [2.24, 2.45) is 0 Å². The van der Waals surface area contributed by atoms with Gasteiger partial charge in [-0.2, -0.15) is 0 Å². The van der Waals surface area contributed by atoms with Crippen LogP contribution in [0.2, 0.25) is 5.02 Å². The molecule has 100 valence electrons. The predicted molar refractivity (Wildman–Crippen MR) is 81.1 cm³/mol. The summed E-state index contributed by atoms with van der Waals surface area (Å²) in [6.07, 6.45) is 0. The van der Waals surface area contributed by atoms with Crippen LogP contribution in [-0.2, 0) is 6.54 Å². The van der Waals surface area contributed by atoms with E-state index in [-0.39, 0.29) is 0 Å². The summed E-state index contributed by atoms with van der Waals surface area (Å²) in [4.78, 5) is 0. The maximum absolute atomic E-state index is 6.01. The Kier molecular flexibility index (Phi) is 4.69. The van der Waals surface area contributed by atoms with Crippen molar-refractivity contribution in [2.45, 2.75) is 20.4 Å². The highest BCUT2D eigenvalue weighted by molar-refractivity contribution is 6.30. The Hall–Kier alpha value is -1.67. The number of benzene rings is 2. The van der Waals surface area contributed by atoms with Gasteiger partial charge in [0, 0.05) is 17.3 Å². The van der Waals surface area contributed by atoms with Crippen LogP contribution >= 0.6 is 11.6 Å². The summed E-state index contributed by atoms with van der Waals surface area (Å²) in [5.41, 5.74) is 3.44. The molecule has 0 unspecified atom stereocenters. The fourth-order valence-electron chi connectivity index (χ4n) is 1.89. The molecular formula is C16H18ClNO. The fraction of sp³-hybridized carbons (Fsp3) is 0.250. The van der Waals surface area contributed by atoms with E-state index in [0.29, 0.717) is 6.61 Å². The smallest absolute Gasteiger partial charge is 0.119 e. The Labute approximate surface area is 119 Å². The fourth-order valence-corrected chi connectivity index (χ4v) is 2.07. The van der Waals surface area contributed by atoms with Crippen molar-refractivity contribution < 1.29 is 4.74 Å². The second-order valence-electron chi connectivity index (χ2n) is 4.39. The van der Waals surface area contributed by atoms with Gasteiger partial charge >= 0.3 is 0 Å². The summed E-state index contributed by atoms with van der Waals surface area (Å²) in [6, 6.07) is 14.0. The highest BCUT2D eigenvalue weighted by Gasteiger charge is 2.00. The van der Waals surface area contributed by atoms with Crippen LogP contribution in [0.3, 0.4) is 0 Å². The zero-order valence-electron chi connectivity index (χ0n) is 11.2. The first-order chi connectivity index (χ1) is 9.19. The molecule has 0 atom stereocenters. The second kappa shape index (κ2) is 6.48. The lowest BCUT2D eigenvalue weighted by atomic mass is 10.1. The minimum Gasteiger partial charge on any atom is -0.494 e. The summed E-state index contributed by atoms with van der Waals surface area (Å²) in [5, 5.41) is 4.15. The number of rotatable bonds is 5. The molecule has 0 fully saturated rings. The number of anilines is 1. The van der Waals surface area contributed by atoms with Gasteiger partial charge in [0.05, 0.1) is 6.61 Å². The minimum atomic E-state index is 0.685. The Bertz CT molecular complexity index is 554. The normalized spacial score (nSPS) is 10.3. The molecule has 0 aliphatic rings. The van der Waals surface area contributed by atoms with Crippen LogP contribution in [0.4, 0.5) is 5.69 Å². The summed E-state index contributed by atoms with van der Waals surface area (Å²) in [6.45, 7) is 5.49. The van der Waals surface area contributed by atoms with Crippen molar-refractivity contribution in [3.05, 3.63) is 58.6 Å². The Balaban J connectivity index is 2.05. The molecule has 0 bridgehead atoms. The van der Waals surface area contributed by atoms with E-state index < -0.39 is 0 Å². The minimum absolute atomic E-state index is 0.685. The molecular weight excluding hydrogens is 258 g/mol. The first-order valence-corrected chi connectivity index (χ1v) is 6.78. The third-order valence-corrected chi connectivity index (χ3v) is 3.13. The maximum Gasteiger partial charge on any atom is 0.119 e. The monoisotopic (exact) mass is 275 g/mol. The maximum atomic E-state index is 6.01. The molecule has 0 saturated heterocycles. The topological polar surface area (TPSA) is 21.3 Å². The Morgan fingerprint density at radius 3 is 2.79 bits per heavy atom. The lowest BCUT2D eigenvalue weighted by molar-refractivity contribution is 0.340. The van der Waals surface area contributed by atoms with Crippen LogP contribution in [-0.4, -0.2) is 6.61 Å². The third-order valence-electron chi connectivity index (χ3n) is 2.89. The molecule has 3 heteroatoms. The van der Waals surface area contributed by atoms with Gasteiger partial charge in [0.2, 0.25) is 0 Å². The molecule has 0 spiro atoms. The van der Waals surface area contributed by atoms with Gasteiger partial charge < -0.3 is 10.1 Å². The summed E-state index contributed by atoms with van der Waals surface area (Å²) in [5.74, 6) is 0.907. The first kappa shape index (κ1) is 13.8. The van der Waals surface area contributed by atoms with E-state index in [1.807, 2.05) is 37.3 Å². The first-order valence-electron chi connectivity index (χ1n) is 6.41. The van der Waals surface area contributed by atoms with E-state index in [1.54, 1.807) is 0 Å². The van der Waals surface area contributed by atoms with Gasteiger partial charge in [0.1, 0.15) is 5.75 Å². The molecule has 2 aromatic carbocycles. The molecule has 0 amide bonds. The van der Waals surface area contributed by atoms with Crippen LogP contribution in [0.15, 0.2) is 42.5 Å². The van der Waals surface area contributed by atoms with Crippen LogP contribution < -0.4 is 10.1 Å². The highest BCUT2D eigenvalue weighted by atomic mass is 35.5. The molecule has 0 aromatic heterocycles. The summed E-state index contributed by atoms with van der Waals surface area (Å²) >= 11 is 6.01. The van der Waals surface area contributed by atoms with Gasteiger partial charge in [-0.25, -0.2) is 0 Å². The predicted octanol–water partition coefficient (Wildman–Crippen LogP) is 4.66. The van der Waals surface area contributed by atoms with E-state index in [9.17, 15) is 0 Å². The van der Waals surface area contributed by atoms with E-state index in [0.717, 1.165) is 23.0 Å². The zero-order valence-corrected chi connectivity index (χ0v) is 12.0. The van der Waals surface area contributed by atoms with Crippen LogP contribution in [0.1, 0.15) is 18.1 Å². The van der Waals surface area contributed by atoms with Crippen molar-refractivity contribution in [1.29, 1.82) is 0 Å². The number of aryl methyl sites for hydroxylation is 1. The van der Waals surface area contributed by atoms with Crippen molar-refractivity contribution in [3.8, 4) is 5.75 Å². The number of halogens is 1. The Morgan fingerprint density at radius 2 is 2.00 bits per heavy atom. The molecule has 2 nitrogen and oxygen atoms in total. The van der Waals surface area contributed by atoms with E-state index in [4.69, 9.17) is 16.3 Å². The van der Waals surface area contributed by atoms with E-state index >= 15 is 0 Å².